The third kappa shape index (κ3) is 5.86. The average molecular weight is 381 g/mol. The molecule has 1 N–H and O–H groups in total. The fourth-order valence-electron chi connectivity index (χ4n) is 3.58. The van der Waals surface area contributed by atoms with Gasteiger partial charge in [0.05, 0.1) is 6.10 Å². The minimum absolute atomic E-state index is 0.0560. The molecule has 0 amide bonds. The first kappa shape index (κ1) is 21.0. The van der Waals surface area contributed by atoms with Crippen molar-refractivity contribution in [3.8, 4) is 0 Å². The summed E-state index contributed by atoms with van der Waals surface area (Å²) in [6.07, 6.45) is 1.17. The van der Waals surface area contributed by atoms with E-state index in [1.807, 2.05) is 31.3 Å². The van der Waals surface area contributed by atoms with E-state index in [-0.39, 0.29) is 6.10 Å². The Labute approximate surface area is 163 Å². The minimum Gasteiger partial charge on any atom is -0.375 e. The molecule has 1 aromatic rings. The van der Waals surface area contributed by atoms with Crippen LogP contribution in [0.1, 0.15) is 31.9 Å². The Morgan fingerprint density at radius 2 is 2.19 bits per heavy atom. The van der Waals surface area contributed by atoms with E-state index in [1.54, 1.807) is 7.11 Å². The summed E-state index contributed by atoms with van der Waals surface area (Å²) in [6.45, 7) is 10.7. The van der Waals surface area contributed by atoms with E-state index in [9.17, 15) is 0 Å². The molecule has 0 bridgehead atoms. The maximum atomic E-state index is 6.11. The van der Waals surface area contributed by atoms with Crippen LogP contribution in [0.25, 0.3) is 0 Å². The highest BCUT2D eigenvalue weighted by Crippen LogP contribution is 2.21. The van der Waals surface area contributed by atoms with Crippen molar-refractivity contribution in [2.75, 3.05) is 53.4 Å². The van der Waals surface area contributed by atoms with Crippen molar-refractivity contribution in [1.29, 1.82) is 0 Å². The molecule has 26 heavy (non-hydrogen) atoms. The van der Waals surface area contributed by atoms with Crippen LogP contribution in [-0.4, -0.2) is 69.2 Å². The zero-order valence-corrected chi connectivity index (χ0v) is 17.3. The minimum atomic E-state index is -0.0560. The zero-order chi connectivity index (χ0) is 18.9. The van der Waals surface area contributed by atoms with Gasteiger partial charge in [-0.2, -0.15) is 0 Å². The van der Waals surface area contributed by atoms with Crippen LogP contribution in [0.2, 0.25) is 5.02 Å². The summed E-state index contributed by atoms with van der Waals surface area (Å²) in [5.74, 6) is 1.66. The summed E-state index contributed by atoms with van der Waals surface area (Å²) in [6, 6.07) is 7.83. The molecule has 1 aromatic carbocycles. The fourth-order valence-corrected chi connectivity index (χ4v) is 3.78. The Morgan fingerprint density at radius 3 is 2.81 bits per heavy atom. The Morgan fingerprint density at radius 1 is 1.42 bits per heavy atom. The lowest BCUT2D eigenvalue weighted by atomic mass is 10.1. The molecule has 0 radical (unpaired) electrons. The maximum absolute atomic E-state index is 6.11. The first-order valence-electron chi connectivity index (χ1n) is 9.57. The van der Waals surface area contributed by atoms with Gasteiger partial charge >= 0.3 is 0 Å². The molecule has 6 heteroatoms. The summed E-state index contributed by atoms with van der Waals surface area (Å²) in [5, 5.41) is 4.21. The van der Waals surface area contributed by atoms with Gasteiger partial charge in [0, 0.05) is 45.4 Å². The predicted octanol–water partition coefficient (Wildman–Crippen LogP) is 3.27. The maximum Gasteiger partial charge on any atom is 0.193 e. The molecule has 1 fully saturated rings. The molecule has 0 spiro atoms. The van der Waals surface area contributed by atoms with Crippen molar-refractivity contribution in [2.45, 2.75) is 26.4 Å². The molecule has 0 aromatic heterocycles. The van der Waals surface area contributed by atoms with Crippen molar-refractivity contribution >= 4 is 17.6 Å². The van der Waals surface area contributed by atoms with Gasteiger partial charge in [-0.05, 0) is 43.1 Å². The van der Waals surface area contributed by atoms with Gasteiger partial charge in [-0.3, -0.25) is 4.99 Å². The number of guanidine groups is 1. The Hall–Kier alpha value is -1.30. The van der Waals surface area contributed by atoms with Crippen molar-refractivity contribution in [3.63, 3.8) is 0 Å². The molecule has 2 rings (SSSR count). The summed E-state index contributed by atoms with van der Waals surface area (Å²) in [7, 11) is 3.58. The van der Waals surface area contributed by atoms with Crippen molar-refractivity contribution in [1.82, 2.24) is 15.1 Å². The molecule has 0 saturated carbocycles. The SMILES string of the molecule is CCN(CC)CC1CCN(C(=NC)NCC(OC)c2cccc(Cl)c2)C1. The molecule has 1 aliphatic rings. The van der Waals surface area contributed by atoms with Gasteiger partial charge in [-0.1, -0.05) is 37.6 Å². The van der Waals surface area contributed by atoms with Crippen LogP contribution in [0, 0.1) is 5.92 Å². The van der Waals surface area contributed by atoms with E-state index in [1.165, 1.54) is 13.0 Å². The first-order valence-corrected chi connectivity index (χ1v) is 9.95. The predicted molar refractivity (Wildman–Crippen MR) is 110 cm³/mol. The standard InChI is InChI=1S/C20H33ClN4O/c1-5-24(6-2)14-16-10-11-25(15-16)20(22-3)23-13-19(26-4)17-8-7-9-18(21)12-17/h7-9,12,16,19H,5-6,10-11,13-15H2,1-4H3,(H,22,23). The van der Waals surface area contributed by atoms with Gasteiger partial charge < -0.3 is 19.9 Å². The van der Waals surface area contributed by atoms with E-state index in [2.05, 4.69) is 34.0 Å². The van der Waals surface area contributed by atoms with Crippen molar-refractivity contribution < 1.29 is 4.74 Å². The van der Waals surface area contributed by atoms with Gasteiger partial charge in [-0.15, -0.1) is 0 Å². The highest BCUT2D eigenvalue weighted by atomic mass is 35.5. The number of hydrogen-bond donors (Lipinski definition) is 1. The number of rotatable bonds is 8. The van der Waals surface area contributed by atoms with E-state index in [0.717, 1.165) is 42.7 Å². The lowest BCUT2D eigenvalue weighted by Gasteiger charge is -2.25. The number of nitrogens with one attached hydrogen (secondary N) is 1. The summed E-state index contributed by atoms with van der Waals surface area (Å²) < 4.78 is 5.65. The van der Waals surface area contributed by atoms with Crippen LogP contribution in [0.15, 0.2) is 29.3 Å². The molecule has 1 aliphatic heterocycles. The van der Waals surface area contributed by atoms with Crippen molar-refractivity contribution in [3.05, 3.63) is 34.9 Å². The second-order valence-electron chi connectivity index (χ2n) is 6.79. The van der Waals surface area contributed by atoms with Crippen molar-refractivity contribution in [2.24, 2.45) is 10.9 Å². The number of likely N-dealkylation sites (tertiary alicyclic amines) is 1. The monoisotopic (exact) mass is 380 g/mol. The first-order chi connectivity index (χ1) is 12.6. The Balaban J connectivity index is 1.89. The van der Waals surface area contributed by atoms with Gasteiger partial charge in [-0.25, -0.2) is 0 Å². The van der Waals surface area contributed by atoms with Gasteiger partial charge in [0.15, 0.2) is 5.96 Å². The van der Waals surface area contributed by atoms with Crippen LogP contribution in [0.5, 0.6) is 0 Å². The number of methoxy groups -OCH3 is 1. The molecular weight excluding hydrogens is 348 g/mol. The van der Waals surface area contributed by atoms with Crippen LogP contribution >= 0.6 is 11.6 Å². The topological polar surface area (TPSA) is 40.1 Å². The van der Waals surface area contributed by atoms with E-state index >= 15 is 0 Å². The van der Waals surface area contributed by atoms with Gasteiger partial charge in [0.1, 0.15) is 0 Å². The number of benzene rings is 1. The summed E-state index contributed by atoms with van der Waals surface area (Å²) in [4.78, 5) is 9.34. The quantitative estimate of drug-likeness (QED) is 0.555. The molecular formula is C20H33ClN4O. The summed E-state index contributed by atoms with van der Waals surface area (Å²) >= 11 is 6.11. The number of halogens is 1. The lowest BCUT2D eigenvalue weighted by molar-refractivity contribution is 0.106. The molecule has 1 saturated heterocycles. The van der Waals surface area contributed by atoms with E-state index in [0.29, 0.717) is 12.5 Å². The highest BCUT2D eigenvalue weighted by Gasteiger charge is 2.26. The molecule has 2 atom stereocenters. The Bertz CT molecular complexity index is 577. The smallest absolute Gasteiger partial charge is 0.193 e. The zero-order valence-electron chi connectivity index (χ0n) is 16.5. The molecule has 5 nitrogen and oxygen atoms in total. The lowest BCUT2D eigenvalue weighted by Crippen LogP contribution is -2.42. The second kappa shape index (κ2) is 10.8. The molecule has 0 aliphatic carbocycles. The number of aliphatic imine (C=N–C) groups is 1. The Kier molecular flexibility index (Phi) is 8.69. The molecule has 1 heterocycles. The van der Waals surface area contributed by atoms with Crippen LogP contribution in [0.3, 0.4) is 0 Å². The second-order valence-corrected chi connectivity index (χ2v) is 7.23. The molecule has 2 unspecified atom stereocenters. The normalized spacial score (nSPS) is 19.2. The summed E-state index contributed by atoms with van der Waals surface area (Å²) in [5.41, 5.74) is 1.07. The number of nitrogens with zero attached hydrogens (tertiary/aromatic N) is 3. The third-order valence-electron chi connectivity index (χ3n) is 5.16. The highest BCUT2D eigenvalue weighted by molar-refractivity contribution is 6.30. The van der Waals surface area contributed by atoms with Crippen LogP contribution in [0.4, 0.5) is 0 Å². The van der Waals surface area contributed by atoms with E-state index in [4.69, 9.17) is 16.3 Å². The fraction of sp³-hybridized carbons (Fsp3) is 0.650. The van der Waals surface area contributed by atoms with Gasteiger partial charge in [0.25, 0.3) is 0 Å². The molecule has 146 valence electrons. The number of hydrogen-bond acceptors (Lipinski definition) is 3. The average Bonchev–Trinajstić information content (AvgIpc) is 3.11. The van der Waals surface area contributed by atoms with Crippen LogP contribution < -0.4 is 5.32 Å². The van der Waals surface area contributed by atoms with E-state index < -0.39 is 0 Å². The van der Waals surface area contributed by atoms with Crippen LogP contribution in [-0.2, 0) is 4.74 Å². The largest absolute Gasteiger partial charge is 0.375 e. The number of ether oxygens (including phenoxy) is 1. The third-order valence-corrected chi connectivity index (χ3v) is 5.39. The van der Waals surface area contributed by atoms with Gasteiger partial charge in [0.2, 0.25) is 0 Å².